The Labute approximate surface area is 93.8 Å². The lowest BCUT2D eigenvalue weighted by molar-refractivity contribution is 0.0983. The molecule has 0 saturated carbocycles. The minimum Gasteiger partial charge on any atom is -0.419 e. The van der Waals surface area contributed by atoms with E-state index in [0.717, 1.165) is 4.47 Å². The first kappa shape index (κ1) is 10.1. The number of ketones is 1. The fourth-order valence-electron chi connectivity index (χ4n) is 1.33. The van der Waals surface area contributed by atoms with E-state index >= 15 is 0 Å². The summed E-state index contributed by atoms with van der Waals surface area (Å²) in [4.78, 5) is 22.6. The standard InChI is InChI=1S/C11H7BrO3/c1-6(13)10-4-7-2-3-8(12)5-9(7)11(14)15-10/h2-5H,1H3. The van der Waals surface area contributed by atoms with Gasteiger partial charge in [-0.25, -0.2) is 4.79 Å². The zero-order valence-electron chi connectivity index (χ0n) is 7.91. The molecule has 0 bridgehead atoms. The van der Waals surface area contributed by atoms with Gasteiger partial charge in [-0.2, -0.15) is 0 Å². The van der Waals surface area contributed by atoms with Gasteiger partial charge in [0.15, 0.2) is 11.5 Å². The highest BCUT2D eigenvalue weighted by atomic mass is 79.9. The molecule has 0 unspecified atom stereocenters. The molecule has 0 saturated heterocycles. The second-order valence-corrected chi connectivity index (χ2v) is 4.10. The Hall–Kier alpha value is -1.42. The minimum atomic E-state index is -0.487. The van der Waals surface area contributed by atoms with Crippen molar-refractivity contribution < 1.29 is 9.21 Å². The van der Waals surface area contributed by atoms with Crippen molar-refractivity contribution >= 4 is 32.5 Å². The number of hydrogen-bond donors (Lipinski definition) is 0. The summed E-state index contributed by atoms with van der Waals surface area (Å²) in [5.41, 5.74) is -0.487. The van der Waals surface area contributed by atoms with Crippen LogP contribution in [0.25, 0.3) is 10.8 Å². The van der Waals surface area contributed by atoms with Gasteiger partial charge in [0, 0.05) is 11.4 Å². The van der Waals surface area contributed by atoms with Crippen molar-refractivity contribution in [1.29, 1.82) is 0 Å². The van der Waals surface area contributed by atoms with E-state index in [0.29, 0.717) is 10.8 Å². The zero-order chi connectivity index (χ0) is 11.0. The molecule has 0 spiro atoms. The highest BCUT2D eigenvalue weighted by Gasteiger charge is 2.07. The van der Waals surface area contributed by atoms with Gasteiger partial charge in [0.1, 0.15) is 0 Å². The summed E-state index contributed by atoms with van der Waals surface area (Å²) in [6.07, 6.45) is 0. The Morgan fingerprint density at radius 1 is 1.33 bits per heavy atom. The lowest BCUT2D eigenvalue weighted by atomic mass is 10.1. The molecule has 1 aromatic heterocycles. The Morgan fingerprint density at radius 2 is 2.07 bits per heavy atom. The van der Waals surface area contributed by atoms with Crippen LogP contribution in [0.15, 0.2) is 37.9 Å². The maximum Gasteiger partial charge on any atom is 0.344 e. The van der Waals surface area contributed by atoms with Gasteiger partial charge in [-0.3, -0.25) is 4.79 Å². The van der Waals surface area contributed by atoms with Gasteiger partial charge in [0.25, 0.3) is 0 Å². The van der Waals surface area contributed by atoms with Gasteiger partial charge >= 0.3 is 5.63 Å². The molecule has 0 N–H and O–H groups in total. The summed E-state index contributed by atoms with van der Waals surface area (Å²) in [7, 11) is 0. The molecule has 1 aromatic carbocycles. The zero-order valence-corrected chi connectivity index (χ0v) is 9.50. The number of fused-ring (bicyclic) bond motifs is 1. The first-order valence-electron chi connectivity index (χ1n) is 4.32. The van der Waals surface area contributed by atoms with Crippen LogP contribution in [0.1, 0.15) is 17.5 Å². The molecule has 1 heterocycles. The molecular weight excluding hydrogens is 260 g/mol. The molecule has 4 heteroatoms. The van der Waals surface area contributed by atoms with E-state index in [1.807, 2.05) is 6.07 Å². The van der Waals surface area contributed by atoms with E-state index < -0.39 is 5.63 Å². The Morgan fingerprint density at radius 3 is 2.73 bits per heavy atom. The predicted molar refractivity (Wildman–Crippen MR) is 60.2 cm³/mol. The third kappa shape index (κ3) is 1.85. The third-order valence-corrected chi connectivity index (χ3v) is 2.56. The number of hydrogen-bond acceptors (Lipinski definition) is 3. The molecule has 3 nitrogen and oxygen atoms in total. The van der Waals surface area contributed by atoms with Crippen LogP contribution >= 0.6 is 15.9 Å². The maximum absolute atomic E-state index is 11.5. The van der Waals surface area contributed by atoms with Crippen molar-refractivity contribution in [3.8, 4) is 0 Å². The van der Waals surface area contributed by atoms with Crippen molar-refractivity contribution in [2.24, 2.45) is 0 Å². The van der Waals surface area contributed by atoms with Gasteiger partial charge in [0.2, 0.25) is 0 Å². The van der Waals surface area contributed by atoms with Crippen LogP contribution in [0.3, 0.4) is 0 Å². The normalized spacial score (nSPS) is 10.5. The molecule has 0 radical (unpaired) electrons. The van der Waals surface area contributed by atoms with Gasteiger partial charge in [-0.05, 0) is 23.6 Å². The smallest absolute Gasteiger partial charge is 0.344 e. The monoisotopic (exact) mass is 266 g/mol. The lowest BCUT2D eigenvalue weighted by Crippen LogP contribution is -2.04. The van der Waals surface area contributed by atoms with Crippen LogP contribution in [0.5, 0.6) is 0 Å². The average molecular weight is 267 g/mol. The molecule has 0 fully saturated rings. The second kappa shape index (κ2) is 3.62. The quantitative estimate of drug-likeness (QED) is 0.746. The average Bonchev–Trinajstić information content (AvgIpc) is 2.18. The summed E-state index contributed by atoms with van der Waals surface area (Å²) in [6.45, 7) is 1.36. The second-order valence-electron chi connectivity index (χ2n) is 3.19. The van der Waals surface area contributed by atoms with Crippen LogP contribution in [-0.2, 0) is 0 Å². The molecule has 15 heavy (non-hydrogen) atoms. The predicted octanol–water partition coefficient (Wildman–Crippen LogP) is 2.76. The molecule has 0 aliphatic rings. The van der Waals surface area contributed by atoms with Crippen molar-refractivity contribution in [1.82, 2.24) is 0 Å². The van der Waals surface area contributed by atoms with E-state index in [2.05, 4.69) is 15.9 Å². The molecule has 0 amide bonds. The van der Waals surface area contributed by atoms with Crippen LogP contribution in [0.4, 0.5) is 0 Å². The highest BCUT2D eigenvalue weighted by molar-refractivity contribution is 9.10. The summed E-state index contributed by atoms with van der Waals surface area (Å²) in [5, 5.41) is 1.18. The highest BCUT2D eigenvalue weighted by Crippen LogP contribution is 2.18. The summed E-state index contributed by atoms with van der Waals surface area (Å²) >= 11 is 3.27. The maximum atomic E-state index is 11.5. The lowest BCUT2D eigenvalue weighted by Gasteiger charge is -1.99. The molecule has 0 atom stereocenters. The van der Waals surface area contributed by atoms with E-state index in [1.165, 1.54) is 6.92 Å². The van der Waals surface area contributed by atoms with Crippen molar-refractivity contribution in [2.75, 3.05) is 0 Å². The molecule has 76 valence electrons. The largest absolute Gasteiger partial charge is 0.419 e. The van der Waals surface area contributed by atoms with Crippen LogP contribution in [-0.4, -0.2) is 5.78 Å². The SMILES string of the molecule is CC(=O)c1cc2ccc(Br)cc2c(=O)o1. The summed E-state index contributed by atoms with van der Waals surface area (Å²) < 4.78 is 5.68. The van der Waals surface area contributed by atoms with Crippen LogP contribution < -0.4 is 5.63 Å². The number of carbonyl (C=O) groups is 1. The summed E-state index contributed by atoms with van der Waals surface area (Å²) in [5.74, 6) is -0.160. The van der Waals surface area contributed by atoms with Crippen molar-refractivity contribution in [2.45, 2.75) is 6.92 Å². The van der Waals surface area contributed by atoms with Crippen LogP contribution in [0.2, 0.25) is 0 Å². The molecular formula is C11H7BrO3. The van der Waals surface area contributed by atoms with E-state index in [9.17, 15) is 9.59 Å². The van der Waals surface area contributed by atoms with Crippen molar-refractivity contribution in [3.63, 3.8) is 0 Å². The Balaban J connectivity index is 2.84. The minimum absolute atomic E-state index is 0.0924. The molecule has 0 aliphatic heterocycles. The Bertz CT molecular complexity index is 598. The number of halogens is 1. The van der Waals surface area contributed by atoms with Gasteiger partial charge in [-0.15, -0.1) is 0 Å². The number of carbonyl (C=O) groups excluding carboxylic acids is 1. The van der Waals surface area contributed by atoms with E-state index in [1.54, 1.807) is 18.2 Å². The molecule has 2 rings (SSSR count). The molecule has 0 aliphatic carbocycles. The first-order chi connectivity index (χ1) is 7.08. The number of benzene rings is 1. The van der Waals surface area contributed by atoms with E-state index in [4.69, 9.17) is 4.42 Å². The third-order valence-electron chi connectivity index (χ3n) is 2.07. The van der Waals surface area contributed by atoms with Gasteiger partial charge < -0.3 is 4.42 Å². The van der Waals surface area contributed by atoms with Crippen molar-refractivity contribution in [3.05, 3.63) is 44.9 Å². The number of rotatable bonds is 1. The first-order valence-corrected chi connectivity index (χ1v) is 5.11. The summed E-state index contributed by atoms with van der Waals surface area (Å²) in [6, 6.07) is 6.82. The van der Waals surface area contributed by atoms with Gasteiger partial charge in [0.05, 0.1) is 5.39 Å². The topological polar surface area (TPSA) is 47.3 Å². The fourth-order valence-corrected chi connectivity index (χ4v) is 1.69. The van der Waals surface area contributed by atoms with Gasteiger partial charge in [-0.1, -0.05) is 22.0 Å². The van der Waals surface area contributed by atoms with E-state index in [-0.39, 0.29) is 11.5 Å². The van der Waals surface area contributed by atoms with Crippen LogP contribution in [0, 0.1) is 0 Å². The molecule has 2 aromatic rings. The number of Topliss-reactive ketones (excluding diaryl/α,β-unsaturated/α-hetero) is 1. The Kier molecular flexibility index (Phi) is 2.44. The fraction of sp³-hybridized carbons (Fsp3) is 0.0909.